The van der Waals surface area contributed by atoms with Gasteiger partial charge in [-0.1, -0.05) is 62.4 Å². The molecule has 0 radical (unpaired) electrons. The molecule has 0 saturated heterocycles. The fraction of sp³-hybridized carbons (Fsp3) is 0.360. The van der Waals surface area contributed by atoms with Gasteiger partial charge in [0.1, 0.15) is 5.60 Å². The minimum Gasteiger partial charge on any atom is -0.466 e. The molecule has 29 heavy (non-hydrogen) atoms. The number of ketones is 1. The lowest BCUT2D eigenvalue weighted by Crippen LogP contribution is -2.49. The van der Waals surface area contributed by atoms with Crippen LogP contribution in [-0.4, -0.2) is 29.6 Å². The van der Waals surface area contributed by atoms with Gasteiger partial charge in [0.25, 0.3) is 0 Å². The van der Waals surface area contributed by atoms with E-state index in [9.17, 15) is 14.7 Å². The second-order valence-corrected chi connectivity index (χ2v) is 8.12. The van der Waals surface area contributed by atoms with Crippen LogP contribution >= 0.6 is 0 Å². The van der Waals surface area contributed by atoms with Gasteiger partial charge in [-0.3, -0.25) is 4.79 Å². The molecule has 1 N–H and O–H groups in total. The van der Waals surface area contributed by atoms with Gasteiger partial charge in [0.2, 0.25) is 0 Å². The molecule has 0 heterocycles. The van der Waals surface area contributed by atoms with Crippen molar-refractivity contribution < 1.29 is 19.4 Å². The van der Waals surface area contributed by atoms with Gasteiger partial charge in [-0.05, 0) is 43.1 Å². The summed E-state index contributed by atoms with van der Waals surface area (Å²) in [6, 6.07) is 9.89. The van der Waals surface area contributed by atoms with E-state index < -0.39 is 17.0 Å². The summed E-state index contributed by atoms with van der Waals surface area (Å²) in [5.41, 5.74) is 1.06. The summed E-state index contributed by atoms with van der Waals surface area (Å²) in [6.45, 7) is 7.35. The van der Waals surface area contributed by atoms with Crippen molar-refractivity contribution in [3.05, 3.63) is 76.9 Å². The monoisotopic (exact) mass is 394 g/mol. The molecule has 1 aliphatic carbocycles. The molecule has 0 saturated carbocycles. The fourth-order valence-electron chi connectivity index (χ4n) is 3.63. The van der Waals surface area contributed by atoms with Crippen LogP contribution in [-0.2, 0) is 14.3 Å². The first kappa shape index (κ1) is 22.6. The summed E-state index contributed by atoms with van der Waals surface area (Å²) in [4.78, 5) is 24.2. The largest absolute Gasteiger partial charge is 0.466 e. The third-order valence-corrected chi connectivity index (χ3v) is 5.56. The molecule has 0 aromatic heterocycles. The Morgan fingerprint density at radius 3 is 2.52 bits per heavy atom. The van der Waals surface area contributed by atoms with E-state index >= 15 is 0 Å². The summed E-state index contributed by atoms with van der Waals surface area (Å²) in [7, 11) is 1.32. The third-order valence-electron chi connectivity index (χ3n) is 5.56. The Morgan fingerprint density at radius 2 is 1.90 bits per heavy atom. The summed E-state index contributed by atoms with van der Waals surface area (Å²) in [5, 5.41) is 11.5. The lowest BCUT2D eigenvalue weighted by molar-refractivity contribution is -0.134. The summed E-state index contributed by atoms with van der Waals surface area (Å²) in [5.74, 6) is -0.388. The van der Waals surface area contributed by atoms with E-state index in [2.05, 4.69) is 4.74 Å². The van der Waals surface area contributed by atoms with Crippen LogP contribution in [0, 0.1) is 5.41 Å². The van der Waals surface area contributed by atoms with Crippen molar-refractivity contribution in [3.8, 4) is 0 Å². The smallest absolute Gasteiger partial charge is 0.330 e. The molecule has 0 amide bonds. The number of rotatable bonds is 6. The van der Waals surface area contributed by atoms with Crippen LogP contribution in [0.3, 0.4) is 0 Å². The normalized spacial score (nSPS) is 22.6. The fourth-order valence-corrected chi connectivity index (χ4v) is 3.63. The van der Waals surface area contributed by atoms with Crippen molar-refractivity contribution in [3.63, 3.8) is 0 Å². The molecule has 4 heteroatoms. The number of methoxy groups -OCH3 is 1. The number of allylic oxidation sites excluding steroid dienone is 4. The molecule has 4 nitrogen and oxygen atoms in total. The number of carbonyl (C=O) groups is 2. The predicted octanol–water partition coefficient (Wildman–Crippen LogP) is 4.81. The highest BCUT2D eigenvalue weighted by atomic mass is 16.5. The Hall–Kier alpha value is -2.72. The molecule has 1 aromatic carbocycles. The predicted molar refractivity (Wildman–Crippen MR) is 116 cm³/mol. The van der Waals surface area contributed by atoms with E-state index in [0.717, 1.165) is 5.56 Å². The van der Waals surface area contributed by atoms with E-state index in [4.69, 9.17) is 0 Å². The first-order valence-electron chi connectivity index (χ1n) is 9.73. The van der Waals surface area contributed by atoms with Gasteiger partial charge in [0.15, 0.2) is 5.78 Å². The van der Waals surface area contributed by atoms with E-state index in [0.29, 0.717) is 23.1 Å². The van der Waals surface area contributed by atoms with Crippen LogP contribution in [0.4, 0.5) is 0 Å². The van der Waals surface area contributed by atoms with Crippen LogP contribution in [0.5, 0.6) is 0 Å². The number of benzene rings is 1. The Labute approximate surface area is 173 Å². The van der Waals surface area contributed by atoms with Crippen molar-refractivity contribution in [2.45, 2.75) is 46.1 Å². The molecule has 0 unspecified atom stereocenters. The molecule has 1 atom stereocenters. The average molecular weight is 395 g/mol. The maximum atomic E-state index is 12.8. The third kappa shape index (κ3) is 5.21. The first-order valence-corrected chi connectivity index (χ1v) is 9.73. The summed E-state index contributed by atoms with van der Waals surface area (Å²) in [6.07, 6.45) is 9.40. The second kappa shape index (κ2) is 9.19. The molecular weight excluding hydrogens is 364 g/mol. The minimum atomic E-state index is -1.29. The van der Waals surface area contributed by atoms with Crippen LogP contribution in [0.2, 0.25) is 0 Å². The van der Waals surface area contributed by atoms with Gasteiger partial charge in [-0.2, -0.15) is 0 Å². The van der Waals surface area contributed by atoms with Crippen molar-refractivity contribution in [2.75, 3.05) is 7.11 Å². The minimum absolute atomic E-state index is 0.0603. The standard InChI is InChI=1S/C25H30O4/c1-18(16-23(27)29-5)14-15-25(28)19(2)21(22(26)17-24(25,3)4)13-9-12-20-10-7-6-8-11-20/h6-12,14-16,28H,13,17H2,1-5H3/b12-9?,15-14+,18-16-/t25-/m1/s1. The Balaban J connectivity index is 2.35. The maximum absolute atomic E-state index is 12.8. The lowest BCUT2D eigenvalue weighted by atomic mass is 9.62. The van der Waals surface area contributed by atoms with E-state index in [1.54, 1.807) is 19.1 Å². The highest BCUT2D eigenvalue weighted by Crippen LogP contribution is 2.47. The molecule has 0 fully saturated rings. The van der Waals surface area contributed by atoms with E-state index in [-0.39, 0.29) is 12.2 Å². The van der Waals surface area contributed by atoms with Gasteiger partial charge in [0, 0.05) is 23.5 Å². The average Bonchev–Trinajstić information content (AvgIpc) is 2.68. The summed E-state index contributed by atoms with van der Waals surface area (Å²) >= 11 is 0. The Morgan fingerprint density at radius 1 is 1.24 bits per heavy atom. The molecular formula is C25H30O4. The van der Waals surface area contributed by atoms with Crippen molar-refractivity contribution in [1.82, 2.24) is 0 Å². The molecule has 154 valence electrons. The zero-order chi connectivity index (χ0) is 21.7. The van der Waals surface area contributed by atoms with Crippen molar-refractivity contribution >= 4 is 17.8 Å². The highest BCUT2D eigenvalue weighted by molar-refractivity contribution is 5.98. The number of Topliss-reactive ketones (excluding diaryl/α,β-unsaturated/α-hetero) is 1. The van der Waals surface area contributed by atoms with Crippen LogP contribution in [0.1, 0.15) is 46.1 Å². The first-order chi connectivity index (χ1) is 13.6. The SMILES string of the molecule is COC(=O)/C=C(C)\C=C\[C@@]1(O)C(C)=C(CC=Cc2ccccc2)C(=O)CC1(C)C. The van der Waals surface area contributed by atoms with Crippen molar-refractivity contribution in [1.29, 1.82) is 0 Å². The molecule has 2 rings (SSSR count). The highest BCUT2D eigenvalue weighted by Gasteiger charge is 2.49. The number of hydrogen-bond donors (Lipinski definition) is 1. The molecule has 1 aromatic rings. The van der Waals surface area contributed by atoms with Gasteiger partial charge in [0.05, 0.1) is 7.11 Å². The molecule has 1 aliphatic rings. The van der Waals surface area contributed by atoms with E-state index in [1.165, 1.54) is 13.2 Å². The Bertz CT molecular complexity index is 885. The molecule has 0 bridgehead atoms. The number of esters is 1. The lowest BCUT2D eigenvalue weighted by Gasteiger charge is -2.45. The topological polar surface area (TPSA) is 63.6 Å². The summed E-state index contributed by atoms with van der Waals surface area (Å²) < 4.78 is 4.64. The zero-order valence-electron chi connectivity index (χ0n) is 17.9. The second-order valence-electron chi connectivity index (χ2n) is 8.12. The molecule has 0 spiro atoms. The Kier molecular flexibility index (Phi) is 7.15. The zero-order valence-corrected chi connectivity index (χ0v) is 17.9. The number of hydrogen-bond acceptors (Lipinski definition) is 4. The van der Waals surface area contributed by atoms with Crippen LogP contribution < -0.4 is 0 Å². The van der Waals surface area contributed by atoms with Crippen LogP contribution in [0.15, 0.2) is 71.4 Å². The quantitative estimate of drug-likeness (QED) is 0.427. The van der Waals surface area contributed by atoms with Gasteiger partial charge >= 0.3 is 5.97 Å². The van der Waals surface area contributed by atoms with E-state index in [1.807, 2.05) is 63.3 Å². The van der Waals surface area contributed by atoms with Gasteiger partial charge in [-0.15, -0.1) is 0 Å². The number of ether oxygens (including phenoxy) is 1. The van der Waals surface area contributed by atoms with Crippen LogP contribution in [0.25, 0.3) is 6.08 Å². The van der Waals surface area contributed by atoms with Gasteiger partial charge < -0.3 is 9.84 Å². The maximum Gasteiger partial charge on any atom is 0.330 e. The number of carbonyl (C=O) groups excluding carboxylic acids is 2. The number of aliphatic hydroxyl groups is 1. The van der Waals surface area contributed by atoms with Gasteiger partial charge in [-0.25, -0.2) is 4.79 Å². The molecule has 0 aliphatic heterocycles. The van der Waals surface area contributed by atoms with Crippen molar-refractivity contribution in [2.24, 2.45) is 5.41 Å².